The minimum absolute atomic E-state index is 0.185. The SMILES string of the molecule is Cc1cc(NC(=O)c2cccn2C)ccc1C=CC(=O)O. The van der Waals surface area contributed by atoms with Crippen LogP contribution in [0.3, 0.4) is 0 Å². The molecule has 1 heterocycles. The van der Waals surface area contributed by atoms with Crippen molar-refractivity contribution in [2.24, 2.45) is 7.05 Å². The van der Waals surface area contributed by atoms with Gasteiger partial charge < -0.3 is 15.0 Å². The van der Waals surface area contributed by atoms with Crippen LogP contribution >= 0.6 is 0 Å². The zero-order valence-electron chi connectivity index (χ0n) is 11.8. The predicted octanol–water partition coefficient (Wildman–Crippen LogP) is 2.68. The molecule has 2 N–H and O–H groups in total. The van der Waals surface area contributed by atoms with E-state index in [-0.39, 0.29) is 5.91 Å². The molecule has 5 nitrogen and oxygen atoms in total. The first kappa shape index (κ1) is 14.6. The van der Waals surface area contributed by atoms with Crippen molar-refractivity contribution in [3.8, 4) is 0 Å². The molecule has 0 aliphatic rings. The van der Waals surface area contributed by atoms with E-state index in [1.807, 2.05) is 13.0 Å². The molecule has 0 saturated heterocycles. The van der Waals surface area contributed by atoms with E-state index < -0.39 is 5.97 Å². The first-order chi connectivity index (χ1) is 9.97. The molecule has 1 amide bonds. The van der Waals surface area contributed by atoms with Crippen molar-refractivity contribution in [3.05, 3.63) is 59.4 Å². The standard InChI is InChI=1S/C16H16N2O3/c1-11-10-13(7-5-12(11)6-8-15(19)20)17-16(21)14-4-3-9-18(14)2/h3-10H,1-2H3,(H,17,21)(H,19,20). The molecule has 1 aromatic carbocycles. The minimum Gasteiger partial charge on any atom is -0.478 e. The molecule has 108 valence electrons. The Bertz CT molecular complexity index is 714. The Morgan fingerprint density at radius 2 is 2.05 bits per heavy atom. The molecule has 0 saturated carbocycles. The number of benzene rings is 1. The highest BCUT2D eigenvalue weighted by molar-refractivity contribution is 6.03. The second kappa shape index (κ2) is 6.09. The molecule has 0 bridgehead atoms. The third kappa shape index (κ3) is 3.60. The fourth-order valence-electron chi connectivity index (χ4n) is 1.99. The molecule has 1 aromatic heterocycles. The van der Waals surface area contributed by atoms with Gasteiger partial charge in [-0.1, -0.05) is 6.07 Å². The van der Waals surface area contributed by atoms with Gasteiger partial charge in [0.1, 0.15) is 5.69 Å². The molecule has 0 atom stereocenters. The van der Waals surface area contributed by atoms with Gasteiger partial charge in [-0.15, -0.1) is 0 Å². The number of carbonyl (C=O) groups excluding carboxylic acids is 1. The van der Waals surface area contributed by atoms with Crippen molar-refractivity contribution in [2.45, 2.75) is 6.92 Å². The molecule has 0 aliphatic heterocycles. The van der Waals surface area contributed by atoms with Gasteiger partial charge in [0.2, 0.25) is 0 Å². The summed E-state index contributed by atoms with van der Waals surface area (Å²) in [4.78, 5) is 22.6. The fraction of sp³-hybridized carbons (Fsp3) is 0.125. The van der Waals surface area contributed by atoms with Gasteiger partial charge in [0, 0.05) is 25.0 Å². The average molecular weight is 284 g/mol. The van der Waals surface area contributed by atoms with Crippen LogP contribution in [0.1, 0.15) is 21.6 Å². The van der Waals surface area contributed by atoms with Gasteiger partial charge >= 0.3 is 5.97 Å². The molecule has 2 aromatic rings. The van der Waals surface area contributed by atoms with Crippen molar-refractivity contribution < 1.29 is 14.7 Å². The molecule has 0 aliphatic carbocycles. The minimum atomic E-state index is -0.990. The number of rotatable bonds is 4. The van der Waals surface area contributed by atoms with Crippen LogP contribution in [-0.4, -0.2) is 21.6 Å². The molecule has 0 unspecified atom stereocenters. The summed E-state index contributed by atoms with van der Waals surface area (Å²) in [5, 5.41) is 11.4. The summed E-state index contributed by atoms with van der Waals surface area (Å²) >= 11 is 0. The number of aryl methyl sites for hydroxylation is 2. The van der Waals surface area contributed by atoms with Crippen molar-refractivity contribution in [1.82, 2.24) is 4.57 Å². The van der Waals surface area contributed by atoms with Gasteiger partial charge in [0.05, 0.1) is 0 Å². The van der Waals surface area contributed by atoms with E-state index in [0.29, 0.717) is 11.4 Å². The van der Waals surface area contributed by atoms with E-state index in [1.165, 1.54) is 6.08 Å². The number of nitrogens with one attached hydrogen (secondary N) is 1. The van der Waals surface area contributed by atoms with Crippen LogP contribution in [0.15, 0.2) is 42.6 Å². The van der Waals surface area contributed by atoms with Gasteiger partial charge in [0.25, 0.3) is 5.91 Å². The highest BCUT2D eigenvalue weighted by Gasteiger charge is 2.09. The number of amides is 1. The molecule has 0 radical (unpaired) electrons. The van der Waals surface area contributed by atoms with Crippen LogP contribution in [0.25, 0.3) is 6.08 Å². The molecular weight excluding hydrogens is 268 g/mol. The highest BCUT2D eigenvalue weighted by Crippen LogP contribution is 2.17. The summed E-state index contributed by atoms with van der Waals surface area (Å²) < 4.78 is 1.74. The fourth-order valence-corrected chi connectivity index (χ4v) is 1.99. The lowest BCUT2D eigenvalue weighted by Gasteiger charge is -2.08. The van der Waals surface area contributed by atoms with Crippen molar-refractivity contribution in [3.63, 3.8) is 0 Å². The third-order valence-corrected chi connectivity index (χ3v) is 3.11. The second-order valence-corrected chi connectivity index (χ2v) is 4.70. The summed E-state index contributed by atoms with van der Waals surface area (Å²) in [5.41, 5.74) is 2.93. The molecular formula is C16H16N2O3. The monoisotopic (exact) mass is 284 g/mol. The quantitative estimate of drug-likeness (QED) is 0.848. The number of carboxylic acids is 1. The zero-order valence-corrected chi connectivity index (χ0v) is 11.8. The van der Waals surface area contributed by atoms with E-state index in [1.54, 1.807) is 42.1 Å². The summed E-state index contributed by atoms with van der Waals surface area (Å²) in [6, 6.07) is 8.87. The number of hydrogen-bond donors (Lipinski definition) is 2. The Morgan fingerprint density at radius 1 is 1.29 bits per heavy atom. The van der Waals surface area contributed by atoms with Gasteiger partial charge in [-0.05, 0) is 48.4 Å². The zero-order chi connectivity index (χ0) is 15.4. The molecule has 21 heavy (non-hydrogen) atoms. The lowest BCUT2D eigenvalue weighted by Crippen LogP contribution is -2.15. The summed E-state index contributed by atoms with van der Waals surface area (Å²) in [6.07, 6.45) is 4.42. The molecule has 0 spiro atoms. The first-order valence-corrected chi connectivity index (χ1v) is 6.41. The number of hydrogen-bond acceptors (Lipinski definition) is 2. The van der Waals surface area contributed by atoms with Crippen LogP contribution in [0.2, 0.25) is 0 Å². The van der Waals surface area contributed by atoms with Gasteiger partial charge in [-0.2, -0.15) is 0 Å². The maximum absolute atomic E-state index is 12.1. The van der Waals surface area contributed by atoms with Crippen molar-refractivity contribution in [1.29, 1.82) is 0 Å². The van der Waals surface area contributed by atoms with Crippen LogP contribution in [0.5, 0.6) is 0 Å². The van der Waals surface area contributed by atoms with Gasteiger partial charge in [-0.25, -0.2) is 4.79 Å². The highest BCUT2D eigenvalue weighted by atomic mass is 16.4. The van der Waals surface area contributed by atoms with Crippen molar-refractivity contribution in [2.75, 3.05) is 5.32 Å². The Kier molecular flexibility index (Phi) is 4.23. The van der Waals surface area contributed by atoms with E-state index in [9.17, 15) is 9.59 Å². The van der Waals surface area contributed by atoms with Crippen LogP contribution in [0, 0.1) is 6.92 Å². The van der Waals surface area contributed by atoms with Crippen LogP contribution in [0.4, 0.5) is 5.69 Å². The Balaban J connectivity index is 2.15. The number of aliphatic carboxylic acids is 1. The van der Waals surface area contributed by atoms with Gasteiger partial charge in [0.15, 0.2) is 0 Å². The summed E-state index contributed by atoms with van der Waals surface area (Å²) in [7, 11) is 1.81. The van der Waals surface area contributed by atoms with Crippen LogP contribution < -0.4 is 5.32 Å². The van der Waals surface area contributed by atoms with E-state index >= 15 is 0 Å². The normalized spacial score (nSPS) is 10.8. The van der Waals surface area contributed by atoms with Crippen LogP contribution in [-0.2, 0) is 11.8 Å². The Labute approximate surface area is 122 Å². The number of nitrogens with zero attached hydrogens (tertiary/aromatic N) is 1. The topological polar surface area (TPSA) is 71.3 Å². The summed E-state index contributed by atoms with van der Waals surface area (Å²) in [5.74, 6) is -1.17. The number of anilines is 1. The average Bonchev–Trinajstić information content (AvgIpc) is 2.84. The van der Waals surface area contributed by atoms with E-state index in [0.717, 1.165) is 17.2 Å². The predicted molar refractivity (Wildman–Crippen MR) is 81.2 cm³/mol. The van der Waals surface area contributed by atoms with E-state index in [4.69, 9.17) is 5.11 Å². The number of aromatic nitrogens is 1. The Hall–Kier alpha value is -2.82. The van der Waals surface area contributed by atoms with E-state index in [2.05, 4.69) is 5.32 Å². The Morgan fingerprint density at radius 3 is 2.62 bits per heavy atom. The second-order valence-electron chi connectivity index (χ2n) is 4.70. The lowest BCUT2D eigenvalue weighted by atomic mass is 10.1. The molecule has 0 fully saturated rings. The maximum atomic E-state index is 12.1. The maximum Gasteiger partial charge on any atom is 0.328 e. The first-order valence-electron chi connectivity index (χ1n) is 6.41. The molecule has 2 rings (SSSR count). The third-order valence-electron chi connectivity index (χ3n) is 3.11. The summed E-state index contributed by atoms with van der Waals surface area (Å²) in [6.45, 7) is 1.86. The lowest BCUT2D eigenvalue weighted by molar-refractivity contribution is -0.131. The number of carbonyl (C=O) groups is 2. The van der Waals surface area contributed by atoms with Gasteiger partial charge in [-0.3, -0.25) is 4.79 Å². The molecule has 5 heteroatoms. The number of carboxylic acid groups (broad SMARTS) is 1. The smallest absolute Gasteiger partial charge is 0.328 e. The largest absolute Gasteiger partial charge is 0.478 e. The van der Waals surface area contributed by atoms with Crippen molar-refractivity contribution >= 4 is 23.6 Å².